The molecular weight excluding hydrogens is 490 g/mol. The van der Waals surface area contributed by atoms with Gasteiger partial charge in [0.1, 0.15) is 18.3 Å². The Balaban J connectivity index is 2.08. The van der Waals surface area contributed by atoms with Gasteiger partial charge in [-0.3, -0.25) is 13.9 Å². The molecule has 0 bridgehead atoms. The highest BCUT2D eigenvalue weighted by Crippen LogP contribution is 2.32. The van der Waals surface area contributed by atoms with Gasteiger partial charge < -0.3 is 15.0 Å². The Kier molecular flexibility index (Phi) is 8.94. The summed E-state index contributed by atoms with van der Waals surface area (Å²) in [6.45, 7) is 5.03. The number of nitrogens with one attached hydrogen (secondary N) is 1. The van der Waals surface area contributed by atoms with Crippen molar-refractivity contribution in [2.45, 2.75) is 38.3 Å². The van der Waals surface area contributed by atoms with Crippen LogP contribution >= 0.6 is 0 Å². The van der Waals surface area contributed by atoms with E-state index in [1.165, 1.54) is 31.2 Å². The molecule has 0 saturated carbocycles. The van der Waals surface area contributed by atoms with Crippen molar-refractivity contribution in [1.82, 2.24) is 10.2 Å². The van der Waals surface area contributed by atoms with Gasteiger partial charge in [0.25, 0.3) is 10.0 Å². The zero-order valence-electron chi connectivity index (χ0n) is 21.8. The molecule has 0 spiro atoms. The number of anilines is 1. The molecule has 1 N–H and O–H groups in total. The lowest BCUT2D eigenvalue weighted by atomic mass is 10.1. The van der Waals surface area contributed by atoms with Crippen molar-refractivity contribution in [3.8, 4) is 5.75 Å². The standard InChI is InChI=1S/C28H33N3O5S/c1-20-14-16-24(17-15-20)37(34,35)31(25-12-8-9-13-26(25)36-5)19-27(32)30(22(3)28(33)29-4)18-23-11-7-6-10-21(23)2/h6-17,22H,18-19H2,1-5H3,(H,29,33)/t22-/m1/s1. The molecule has 0 fully saturated rings. The maximum absolute atomic E-state index is 13.9. The zero-order valence-corrected chi connectivity index (χ0v) is 22.6. The Morgan fingerprint density at radius 1 is 0.946 bits per heavy atom. The number of carbonyl (C=O) groups excluding carboxylic acids is 2. The molecule has 3 aromatic rings. The van der Waals surface area contributed by atoms with E-state index in [4.69, 9.17) is 4.74 Å². The number of amides is 2. The third-order valence-electron chi connectivity index (χ3n) is 6.26. The molecule has 3 rings (SSSR count). The summed E-state index contributed by atoms with van der Waals surface area (Å²) in [5.41, 5.74) is 2.94. The Bertz CT molecular complexity index is 1360. The number of ether oxygens (including phenoxy) is 1. The molecule has 0 heterocycles. The number of carbonyl (C=O) groups is 2. The average molecular weight is 524 g/mol. The molecule has 1 atom stereocenters. The summed E-state index contributed by atoms with van der Waals surface area (Å²) in [4.78, 5) is 27.9. The van der Waals surface area contributed by atoms with E-state index in [-0.39, 0.29) is 23.0 Å². The first-order chi connectivity index (χ1) is 17.6. The van der Waals surface area contributed by atoms with Gasteiger partial charge in [0.2, 0.25) is 11.8 Å². The van der Waals surface area contributed by atoms with Gasteiger partial charge in [-0.1, -0.05) is 54.1 Å². The minimum atomic E-state index is -4.16. The lowest BCUT2D eigenvalue weighted by molar-refractivity contribution is -0.139. The van der Waals surface area contributed by atoms with Crippen LogP contribution in [0.2, 0.25) is 0 Å². The minimum absolute atomic E-state index is 0.0432. The number of hydrogen-bond acceptors (Lipinski definition) is 5. The van der Waals surface area contributed by atoms with Gasteiger partial charge in [-0.05, 0) is 56.2 Å². The fourth-order valence-electron chi connectivity index (χ4n) is 3.95. The molecule has 0 radical (unpaired) electrons. The number of para-hydroxylation sites is 2. The Labute approximate surface area is 218 Å². The van der Waals surface area contributed by atoms with Gasteiger partial charge in [0.05, 0.1) is 17.7 Å². The summed E-state index contributed by atoms with van der Waals surface area (Å²) in [7, 11) is -1.22. The highest BCUT2D eigenvalue weighted by atomic mass is 32.2. The van der Waals surface area contributed by atoms with Crippen LogP contribution in [0.4, 0.5) is 5.69 Å². The van der Waals surface area contributed by atoms with E-state index < -0.39 is 28.5 Å². The van der Waals surface area contributed by atoms with Crippen molar-refractivity contribution >= 4 is 27.5 Å². The summed E-state index contributed by atoms with van der Waals surface area (Å²) in [5, 5.41) is 2.58. The number of aryl methyl sites for hydroxylation is 2. The van der Waals surface area contributed by atoms with Crippen molar-refractivity contribution in [3.63, 3.8) is 0 Å². The zero-order chi connectivity index (χ0) is 27.2. The summed E-state index contributed by atoms with van der Waals surface area (Å²) in [5.74, 6) is -0.580. The monoisotopic (exact) mass is 523 g/mol. The van der Waals surface area contributed by atoms with Crippen LogP contribution in [-0.4, -0.2) is 51.9 Å². The second-order valence-corrected chi connectivity index (χ2v) is 10.6. The molecule has 0 saturated heterocycles. The van der Waals surface area contributed by atoms with Crippen LogP contribution in [-0.2, 0) is 26.2 Å². The quantitative estimate of drug-likeness (QED) is 0.438. The van der Waals surface area contributed by atoms with E-state index in [1.54, 1.807) is 43.3 Å². The SMILES string of the molecule is CNC(=O)[C@@H](C)N(Cc1ccccc1C)C(=O)CN(c1ccccc1OC)S(=O)(=O)c1ccc(C)cc1. The van der Waals surface area contributed by atoms with Gasteiger partial charge in [0, 0.05) is 13.6 Å². The molecular formula is C28H33N3O5S. The number of sulfonamides is 1. The van der Waals surface area contributed by atoms with Gasteiger partial charge in [-0.25, -0.2) is 8.42 Å². The molecule has 0 unspecified atom stereocenters. The molecule has 2 amide bonds. The van der Waals surface area contributed by atoms with Crippen LogP contribution in [0, 0.1) is 13.8 Å². The van der Waals surface area contributed by atoms with Crippen LogP contribution in [0.15, 0.2) is 77.7 Å². The van der Waals surface area contributed by atoms with Crippen LogP contribution < -0.4 is 14.4 Å². The van der Waals surface area contributed by atoms with Crippen molar-refractivity contribution in [2.24, 2.45) is 0 Å². The number of nitrogens with zero attached hydrogens (tertiary/aromatic N) is 2. The number of methoxy groups -OCH3 is 1. The third-order valence-corrected chi connectivity index (χ3v) is 8.03. The van der Waals surface area contributed by atoms with Gasteiger partial charge in [0.15, 0.2) is 0 Å². The van der Waals surface area contributed by atoms with Gasteiger partial charge in [-0.2, -0.15) is 0 Å². The lowest BCUT2D eigenvalue weighted by Crippen LogP contribution is -2.50. The molecule has 0 aliphatic heterocycles. The normalized spacial score (nSPS) is 11.9. The van der Waals surface area contributed by atoms with Crippen LogP contribution in [0.25, 0.3) is 0 Å². The first-order valence-electron chi connectivity index (χ1n) is 11.9. The van der Waals surface area contributed by atoms with E-state index >= 15 is 0 Å². The van der Waals surface area contributed by atoms with E-state index in [0.29, 0.717) is 5.75 Å². The third kappa shape index (κ3) is 6.29. The minimum Gasteiger partial charge on any atom is -0.495 e. The van der Waals surface area contributed by atoms with E-state index in [9.17, 15) is 18.0 Å². The topological polar surface area (TPSA) is 96.0 Å². The molecule has 8 nitrogen and oxygen atoms in total. The van der Waals surface area contributed by atoms with Gasteiger partial charge >= 0.3 is 0 Å². The fraction of sp³-hybridized carbons (Fsp3) is 0.286. The maximum atomic E-state index is 13.9. The number of hydrogen-bond donors (Lipinski definition) is 1. The van der Waals surface area contributed by atoms with Crippen LogP contribution in [0.3, 0.4) is 0 Å². The molecule has 0 aliphatic rings. The highest BCUT2D eigenvalue weighted by molar-refractivity contribution is 7.92. The first kappa shape index (κ1) is 27.7. The van der Waals surface area contributed by atoms with Crippen molar-refractivity contribution in [2.75, 3.05) is 25.0 Å². The molecule has 3 aromatic carbocycles. The van der Waals surface area contributed by atoms with Crippen molar-refractivity contribution in [3.05, 3.63) is 89.5 Å². The van der Waals surface area contributed by atoms with E-state index in [0.717, 1.165) is 21.0 Å². The van der Waals surface area contributed by atoms with Crippen molar-refractivity contribution in [1.29, 1.82) is 0 Å². The number of rotatable bonds is 10. The summed E-state index contributed by atoms with van der Waals surface area (Å²) < 4.78 is 34.2. The largest absolute Gasteiger partial charge is 0.495 e. The number of benzene rings is 3. The fourth-order valence-corrected chi connectivity index (χ4v) is 5.37. The van der Waals surface area contributed by atoms with Crippen LogP contribution in [0.1, 0.15) is 23.6 Å². The van der Waals surface area contributed by atoms with Crippen molar-refractivity contribution < 1.29 is 22.7 Å². The molecule has 0 aliphatic carbocycles. The second kappa shape index (κ2) is 11.9. The van der Waals surface area contributed by atoms with E-state index in [1.807, 2.05) is 38.1 Å². The van der Waals surface area contributed by atoms with Gasteiger partial charge in [-0.15, -0.1) is 0 Å². The predicted octanol–water partition coefficient (Wildman–Crippen LogP) is 3.67. The Morgan fingerprint density at radius 2 is 1.57 bits per heavy atom. The Hall–Kier alpha value is -3.85. The lowest BCUT2D eigenvalue weighted by Gasteiger charge is -2.32. The summed E-state index contributed by atoms with van der Waals surface area (Å²) in [6.07, 6.45) is 0. The Morgan fingerprint density at radius 3 is 2.19 bits per heavy atom. The number of likely N-dealkylation sites (N-methyl/N-ethyl adjacent to an activating group) is 1. The van der Waals surface area contributed by atoms with Crippen LogP contribution in [0.5, 0.6) is 5.75 Å². The highest BCUT2D eigenvalue weighted by Gasteiger charge is 2.33. The van der Waals surface area contributed by atoms with E-state index in [2.05, 4.69) is 5.32 Å². The molecule has 196 valence electrons. The smallest absolute Gasteiger partial charge is 0.264 e. The summed E-state index contributed by atoms with van der Waals surface area (Å²) in [6, 6.07) is 19.8. The molecule has 9 heteroatoms. The second-order valence-electron chi connectivity index (χ2n) is 8.73. The first-order valence-corrected chi connectivity index (χ1v) is 13.3. The predicted molar refractivity (Wildman–Crippen MR) is 144 cm³/mol. The summed E-state index contributed by atoms with van der Waals surface area (Å²) >= 11 is 0. The maximum Gasteiger partial charge on any atom is 0.264 e. The molecule has 37 heavy (non-hydrogen) atoms. The molecule has 0 aromatic heterocycles. The average Bonchev–Trinajstić information content (AvgIpc) is 2.90.